The second-order valence-electron chi connectivity index (χ2n) is 7.41. The minimum Gasteiger partial charge on any atom is -0.489 e. The molecule has 1 aliphatic rings. The van der Waals surface area contributed by atoms with Gasteiger partial charge in [0.1, 0.15) is 18.2 Å². The average Bonchev–Trinajstić information content (AvgIpc) is 2.97. The first-order valence-corrected chi connectivity index (χ1v) is 10.1. The molecule has 0 atom stereocenters. The smallest absolute Gasteiger partial charge is 0.254 e. The zero-order chi connectivity index (χ0) is 20.1. The molecular weight excluding hydrogens is 367 g/mol. The van der Waals surface area contributed by atoms with Gasteiger partial charge in [-0.05, 0) is 72.8 Å². The Morgan fingerprint density at radius 2 is 1.69 bits per heavy atom. The molecule has 0 amide bonds. The Morgan fingerprint density at radius 1 is 0.931 bits per heavy atom. The van der Waals surface area contributed by atoms with Crippen LogP contribution in [0.25, 0.3) is 0 Å². The van der Waals surface area contributed by atoms with Crippen molar-refractivity contribution in [3.8, 4) is 5.75 Å². The third-order valence-corrected chi connectivity index (χ3v) is 5.34. The number of benzene rings is 2. The number of pyridine rings is 1. The average molecular weight is 392 g/mol. The van der Waals surface area contributed by atoms with Gasteiger partial charge in [0.25, 0.3) is 5.56 Å². The van der Waals surface area contributed by atoms with Crippen LogP contribution in [0.4, 0.5) is 4.39 Å². The molecule has 0 spiro atoms. The van der Waals surface area contributed by atoms with Crippen molar-refractivity contribution in [2.24, 2.45) is 0 Å². The van der Waals surface area contributed by atoms with Crippen LogP contribution in [0.15, 0.2) is 65.6 Å². The molecule has 2 heterocycles. The number of hydrogen-bond acceptors (Lipinski definition) is 3. The summed E-state index contributed by atoms with van der Waals surface area (Å²) in [6.07, 6.45) is 4.73. The highest BCUT2D eigenvalue weighted by Crippen LogP contribution is 2.16. The lowest BCUT2D eigenvalue weighted by Gasteiger charge is -2.11. The van der Waals surface area contributed by atoms with Crippen molar-refractivity contribution < 1.29 is 9.13 Å². The van der Waals surface area contributed by atoms with Gasteiger partial charge < -0.3 is 14.6 Å². The van der Waals surface area contributed by atoms with E-state index < -0.39 is 0 Å². The molecule has 2 aromatic carbocycles. The Hall–Kier alpha value is -2.92. The molecule has 29 heavy (non-hydrogen) atoms. The summed E-state index contributed by atoms with van der Waals surface area (Å²) in [7, 11) is 0. The number of aryl methyl sites for hydroxylation is 2. The first kappa shape index (κ1) is 19.4. The number of nitrogens with zero attached hydrogens (tertiary/aromatic N) is 1. The molecular formula is C24H25FN2O2. The molecule has 0 saturated heterocycles. The molecule has 5 heteroatoms. The lowest BCUT2D eigenvalue weighted by atomic mass is 9.99. The normalized spacial score (nSPS) is 13.6. The van der Waals surface area contributed by atoms with E-state index in [1.54, 1.807) is 29.0 Å². The standard InChI is InChI=1S/C24H25FN2O2/c25-22-5-2-19(3-6-22)17-29-23-10-14-27(24(28)16-23)13-9-18-1-4-20-7-11-26-12-8-21(20)15-18/h1-6,10,14-16,26H,7-9,11-13,17H2. The highest BCUT2D eigenvalue weighted by molar-refractivity contribution is 5.33. The van der Waals surface area contributed by atoms with Crippen LogP contribution in [0.5, 0.6) is 5.75 Å². The van der Waals surface area contributed by atoms with Crippen molar-refractivity contribution >= 4 is 0 Å². The van der Waals surface area contributed by atoms with Crippen LogP contribution in [0.1, 0.15) is 22.3 Å². The Balaban J connectivity index is 1.36. The molecule has 0 radical (unpaired) electrons. The molecule has 0 bridgehead atoms. The molecule has 1 aromatic heterocycles. The zero-order valence-corrected chi connectivity index (χ0v) is 16.4. The number of ether oxygens (including phenoxy) is 1. The van der Waals surface area contributed by atoms with Gasteiger partial charge in [-0.25, -0.2) is 4.39 Å². The summed E-state index contributed by atoms with van der Waals surface area (Å²) in [5.41, 5.74) is 4.88. The number of rotatable bonds is 6. The quantitative estimate of drug-likeness (QED) is 0.698. The molecule has 150 valence electrons. The van der Waals surface area contributed by atoms with E-state index in [4.69, 9.17) is 4.74 Å². The maximum atomic E-state index is 13.0. The number of aromatic nitrogens is 1. The highest BCUT2D eigenvalue weighted by Gasteiger charge is 2.08. The van der Waals surface area contributed by atoms with Crippen LogP contribution >= 0.6 is 0 Å². The van der Waals surface area contributed by atoms with E-state index in [1.165, 1.54) is 34.9 Å². The van der Waals surface area contributed by atoms with Crippen LogP contribution in [-0.2, 0) is 32.4 Å². The van der Waals surface area contributed by atoms with Crippen molar-refractivity contribution in [2.75, 3.05) is 13.1 Å². The molecule has 0 saturated carbocycles. The largest absolute Gasteiger partial charge is 0.489 e. The van der Waals surface area contributed by atoms with Crippen LogP contribution in [0, 0.1) is 5.82 Å². The Kier molecular flexibility index (Phi) is 6.06. The molecule has 1 aliphatic heterocycles. The predicted molar refractivity (Wildman–Crippen MR) is 112 cm³/mol. The van der Waals surface area contributed by atoms with Gasteiger partial charge in [0.05, 0.1) is 0 Å². The van der Waals surface area contributed by atoms with Gasteiger partial charge >= 0.3 is 0 Å². The monoisotopic (exact) mass is 392 g/mol. The van der Waals surface area contributed by atoms with Gasteiger partial charge in [0.15, 0.2) is 0 Å². The molecule has 0 unspecified atom stereocenters. The number of halogens is 1. The van der Waals surface area contributed by atoms with Crippen molar-refractivity contribution in [1.82, 2.24) is 9.88 Å². The lowest BCUT2D eigenvalue weighted by molar-refractivity contribution is 0.304. The molecule has 3 aromatic rings. The molecule has 0 aliphatic carbocycles. The fraction of sp³-hybridized carbons (Fsp3) is 0.292. The van der Waals surface area contributed by atoms with Gasteiger partial charge in [-0.1, -0.05) is 30.3 Å². The van der Waals surface area contributed by atoms with E-state index in [0.717, 1.165) is 37.9 Å². The van der Waals surface area contributed by atoms with Crippen LogP contribution < -0.4 is 15.6 Å². The van der Waals surface area contributed by atoms with E-state index in [-0.39, 0.29) is 11.4 Å². The number of hydrogen-bond donors (Lipinski definition) is 1. The summed E-state index contributed by atoms with van der Waals surface area (Å²) in [4.78, 5) is 12.4. The van der Waals surface area contributed by atoms with Crippen molar-refractivity contribution in [1.29, 1.82) is 0 Å². The van der Waals surface area contributed by atoms with E-state index in [1.807, 2.05) is 0 Å². The summed E-state index contributed by atoms with van der Waals surface area (Å²) in [6, 6.07) is 16.1. The van der Waals surface area contributed by atoms with E-state index in [9.17, 15) is 9.18 Å². The van der Waals surface area contributed by atoms with Crippen molar-refractivity contribution in [3.05, 3.63) is 99.2 Å². The summed E-state index contributed by atoms with van der Waals surface area (Å²) >= 11 is 0. The third kappa shape index (κ3) is 5.12. The maximum absolute atomic E-state index is 13.0. The van der Waals surface area contributed by atoms with Crippen molar-refractivity contribution in [3.63, 3.8) is 0 Å². The van der Waals surface area contributed by atoms with Crippen LogP contribution in [0.2, 0.25) is 0 Å². The zero-order valence-electron chi connectivity index (χ0n) is 16.4. The topological polar surface area (TPSA) is 43.3 Å². The summed E-state index contributed by atoms with van der Waals surface area (Å²) < 4.78 is 20.3. The fourth-order valence-corrected chi connectivity index (χ4v) is 3.64. The molecule has 4 nitrogen and oxygen atoms in total. The molecule has 1 N–H and O–H groups in total. The van der Waals surface area contributed by atoms with Gasteiger partial charge in [-0.15, -0.1) is 0 Å². The molecule has 0 fully saturated rings. The second kappa shape index (κ2) is 9.05. The van der Waals surface area contributed by atoms with Crippen LogP contribution in [-0.4, -0.2) is 17.7 Å². The number of nitrogens with one attached hydrogen (secondary N) is 1. The fourth-order valence-electron chi connectivity index (χ4n) is 3.64. The Labute approximate surface area is 170 Å². The Bertz CT molecular complexity index is 1030. The predicted octanol–water partition coefficient (Wildman–Crippen LogP) is 3.50. The van der Waals surface area contributed by atoms with Gasteiger partial charge in [0.2, 0.25) is 0 Å². The maximum Gasteiger partial charge on any atom is 0.254 e. The minimum absolute atomic E-state index is 0.0828. The van der Waals surface area contributed by atoms with E-state index >= 15 is 0 Å². The number of fused-ring (bicyclic) bond motifs is 1. The molecule has 4 rings (SSSR count). The van der Waals surface area contributed by atoms with Gasteiger partial charge in [-0.2, -0.15) is 0 Å². The first-order chi connectivity index (χ1) is 14.2. The van der Waals surface area contributed by atoms with Gasteiger partial charge in [-0.3, -0.25) is 4.79 Å². The summed E-state index contributed by atoms with van der Waals surface area (Å²) in [5.74, 6) is 0.246. The summed E-state index contributed by atoms with van der Waals surface area (Å²) in [5, 5.41) is 3.43. The highest BCUT2D eigenvalue weighted by atomic mass is 19.1. The van der Waals surface area contributed by atoms with E-state index in [0.29, 0.717) is 18.9 Å². The lowest BCUT2D eigenvalue weighted by Crippen LogP contribution is -2.19. The van der Waals surface area contributed by atoms with Crippen molar-refractivity contribution in [2.45, 2.75) is 32.4 Å². The van der Waals surface area contributed by atoms with Gasteiger partial charge in [0, 0.05) is 18.8 Å². The minimum atomic E-state index is -0.275. The Morgan fingerprint density at radius 3 is 2.48 bits per heavy atom. The first-order valence-electron chi connectivity index (χ1n) is 10.1. The van der Waals surface area contributed by atoms with Crippen LogP contribution in [0.3, 0.4) is 0 Å². The third-order valence-electron chi connectivity index (χ3n) is 5.34. The SMILES string of the molecule is O=c1cc(OCc2ccc(F)cc2)ccn1CCc1ccc2c(c1)CCNCC2. The summed E-state index contributed by atoms with van der Waals surface area (Å²) in [6.45, 7) is 2.99. The van der Waals surface area contributed by atoms with E-state index in [2.05, 4.69) is 23.5 Å². The second-order valence-corrected chi connectivity index (χ2v) is 7.41.